The molecule has 2 nitrogen and oxygen atoms in total. The molecule has 0 aliphatic carbocycles. The second kappa shape index (κ2) is 5.00. The zero-order chi connectivity index (χ0) is 10.6. The topological polar surface area (TPSA) is 37.3 Å². The highest BCUT2D eigenvalue weighted by Crippen LogP contribution is 2.20. The molecule has 0 spiro atoms. The normalized spacial score (nSPS) is 12.4. The maximum Gasteiger partial charge on any atom is 0.348 e. The average molecular weight is 214 g/mol. The first-order valence-electron chi connectivity index (χ1n) is 4.14. The van der Waals surface area contributed by atoms with Gasteiger partial charge < -0.3 is 5.11 Å². The van der Waals surface area contributed by atoms with Crippen LogP contribution in [0.15, 0.2) is 24.3 Å². The minimum Gasteiger partial charge on any atom is -0.478 e. The van der Waals surface area contributed by atoms with Crippen molar-refractivity contribution in [2.45, 2.75) is 18.2 Å². The highest BCUT2D eigenvalue weighted by Gasteiger charge is 2.15. The summed E-state index contributed by atoms with van der Waals surface area (Å²) >= 11 is 0.786. The lowest BCUT2D eigenvalue weighted by Gasteiger charge is -2.05. The minimum absolute atomic E-state index is 0.389. The molecule has 0 radical (unpaired) electrons. The fraction of sp³-hybridized carbons (Fsp3) is 0.300. The second-order valence-electron chi connectivity index (χ2n) is 2.89. The molecule has 4 heteroatoms. The molecular formula is C10H11FO2S. The Labute approximate surface area is 86.1 Å². The van der Waals surface area contributed by atoms with Gasteiger partial charge in [-0.15, -0.1) is 11.8 Å². The van der Waals surface area contributed by atoms with Crippen LogP contribution in [0, 0.1) is 6.92 Å². The van der Waals surface area contributed by atoms with E-state index in [0.717, 1.165) is 22.9 Å². The van der Waals surface area contributed by atoms with Gasteiger partial charge in [0.25, 0.3) is 0 Å². The van der Waals surface area contributed by atoms with E-state index in [1.807, 2.05) is 31.2 Å². The van der Waals surface area contributed by atoms with Crippen LogP contribution in [0.5, 0.6) is 0 Å². The molecular weight excluding hydrogens is 203 g/mol. The van der Waals surface area contributed by atoms with Gasteiger partial charge >= 0.3 is 5.97 Å². The Balaban J connectivity index is 2.54. The van der Waals surface area contributed by atoms with Crippen molar-refractivity contribution in [3.8, 4) is 0 Å². The molecule has 1 aromatic rings. The van der Waals surface area contributed by atoms with Crippen molar-refractivity contribution >= 4 is 17.7 Å². The first kappa shape index (κ1) is 11.0. The summed E-state index contributed by atoms with van der Waals surface area (Å²) in [5.41, 5.74) is 0.189. The number of halogens is 1. The lowest BCUT2D eigenvalue weighted by Crippen LogP contribution is -2.10. The highest BCUT2D eigenvalue weighted by molar-refractivity contribution is 7.99. The van der Waals surface area contributed by atoms with Crippen molar-refractivity contribution in [2.75, 3.05) is 0 Å². The monoisotopic (exact) mass is 214 g/mol. The van der Waals surface area contributed by atoms with E-state index in [1.165, 1.54) is 0 Å². The van der Waals surface area contributed by atoms with E-state index in [4.69, 9.17) is 5.11 Å². The summed E-state index contributed by atoms with van der Waals surface area (Å²) in [5, 5.41) is 8.33. The molecule has 76 valence electrons. The number of rotatable bonds is 4. The van der Waals surface area contributed by atoms with E-state index in [9.17, 15) is 9.18 Å². The van der Waals surface area contributed by atoms with Crippen LogP contribution in [-0.2, 0) is 10.5 Å². The summed E-state index contributed by atoms with van der Waals surface area (Å²) in [6.45, 7) is 1.92. The molecule has 0 saturated carbocycles. The number of aryl methyl sites for hydroxylation is 1. The van der Waals surface area contributed by atoms with Gasteiger partial charge in [0, 0.05) is 5.75 Å². The minimum atomic E-state index is -1.84. The van der Waals surface area contributed by atoms with Crippen LogP contribution >= 0.6 is 11.8 Å². The van der Waals surface area contributed by atoms with E-state index < -0.39 is 11.5 Å². The first-order chi connectivity index (χ1) is 6.61. The molecule has 1 rings (SSSR count). The van der Waals surface area contributed by atoms with Crippen LogP contribution in [-0.4, -0.2) is 16.6 Å². The van der Waals surface area contributed by atoms with Crippen molar-refractivity contribution in [1.82, 2.24) is 0 Å². The van der Waals surface area contributed by atoms with E-state index in [2.05, 4.69) is 0 Å². The zero-order valence-electron chi connectivity index (χ0n) is 7.74. The summed E-state index contributed by atoms with van der Waals surface area (Å²) in [4.78, 5) is 10.2. The van der Waals surface area contributed by atoms with Crippen LogP contribution in [0.1, 0.15) is 11.1 Å². The maximum atomic E-state index is 12.7. The third-order valence-corrected chi connectivity index (χ3v) is 2.81. The average Bonchev–Trinajstić information content (AvgIpc) is 2.16. The Hall–Kier alpha value is -1.03. The van der Waals surface area contributed by atoms with Gasteiger partial charge in [-0.3, -0.25) is 0 Å². The molecule has 1 aromatic carbocycles. The SMILES string of the molecule is Cc1ccccc1CSC(F)C(=O)O. The molecule has 0 aliphatic rings. The predicted molar refractivity (Wildman–Crippen MR) is 55.0 cm³/mol. The number of carbonyl (C=O) groups is 1. The molecule has 1 atom stereocenters. The summed E-state index contributed by atoms with van der Waals surface area (Å²) in [7, 11) is 0. The zero-order valence-corrected chi connectivity index (χ0v) is 8.55. The van der Waals surface area contributed by atoms with Crippen molar-refractivity contribution in [1.29, 1.82) is 0 Å². The number of benzene rings is 1. The summed E-state index contributed by atoms with van der Waals surface area (Å²) in [6.07, 6.45) is 0. The number of carboxylic acid groups (broad SMARTS) is 1. The molecule has 0 heterocycles. The smallest absolute Gasteiger partial charge is 0.348 e. The number of hydrogen-bond acceptors (Lipinski definition) is 2. The molecule has 0 bridgehead atoms. The van der Waals surface area contributed by atoms with Crippen LogP contribution in [0.2, 0.25) is 0 Å². The van der Waals surface area contributed by atoms with Crippen LogP contribution in [0.4, 0.5) is 4.39 Å². The highest BCUT2D eigenvalue weighted by atomic mass is 32.2. The van der Waals surface area contributed by atoms with E-state index in [1.54, 1.807) is 0 Å². The lowest BCUT2D eigenvalue weighted by atomic mass is 10.1. The number of alkyl halides is 1. The summed E-state index contributed by atoms with van der Waals surface area (Å²) < 4.78 is 12.7. The van der Waals surface area contributed by atoms with Gasteiger partial charge in [-0.25, -0.2) is 9.18 Å². The van der Waals surface area contributed by atoms with Crippen molar-refractivity contribution in [3.63, 3.8) is 0 Å². The molecule has 1 unspecified atom stereocenters. The fourth-order valence-electron chi connectivity index (χ4n) is 1.01. The van der Waals surface area contributed by atoms with Crippen LogP contribution < -0.4 is 0 Å². The van der Waals surface area contributed by atoms with Gasteiger partial charge in [0.15, 0.2) is 0 Å². The van der Waals surface area contributed by atoms with Gasteiger partial charge in [0.1, 0.15) is 0 Å². The Morgan fingerprint density at radius 3 is 2.79 bits per heavy atom. The molecule has 14 heavy (non-hydrogen) atoms. The summed E-state index contributed by atoms with van der Waals surface area (Å²) in [5.74, 6) is -1.02. The van der Waals surface area contributed by atoms with Crippen molar-refractivity contribution < 1.29 is 14.3 Å². The fourth-order valence-corrected chi connectivity index (χ4v) is 1.80. The first-order valence-corrected chi connectivity index (χ1v) is 5.19. The van der Waals surface area contributed by atoms with E-state index >= 15 is 0 Å². The predicted octanol–water partition coefficient (Wildman–Crippen LogP) is 2.61. The Morgan fingerprint density at radius 2 is 2.21 bits per heavy atom. The van der Waals surface area contributed by atoms with Crippen molar-refractivity contribution in [2.24, 2.45) is 0 Å². The third-order valence-electron chi connectivity index (χ3n) is 1.84. The largest absolute Gasteiger partial charge is 0.478 e. The molecule has 0 aliphatic heterocycles. The third kappa shape index (κ3) is 3.03. The molecule has 0 saturated heterocycles. The molecule has 0 fully saturated rings. The quantitative estimate of drug-likeness (QED) is 0.837. The van der Waals surface area contributed by atoms with Crippen LogP contribution in [0.25, 0.3) is 0 Å². The van der Waals surface area contributed by atoms with E-state index in [0.29, 0.717) is 5.75 Å². The Morgan fingerprint density at radius 1 is 1.57 bits per heavy atom. The van der Waals surface area contributed by atoms with Gasteiger partial charge in [0.05, 0.1) is 0 Å². The number of aliphatic carboxylic acids is 1. The number of hydrogen-bond donors (Lipinski definition) is 1. The maximum absolute atomic E-state index is 12.7. The number of thioether (sulfide) groups is 1. The van der Waals surface area contributed by atoms with E-state index in [-0.39, 0.29) is 0 Å². The Bertz CT molecular complexity index is 328. The molecule has 0 amide bonds. The molecule has 0 aromatic heterocycles. The molecule has 1 N–H and O–H groups in total. The Kier molecular flexibility index (Phi) is 3.95. The van der Waals surface area contributed by atoms with Crippen molar-refractivity contribution in [3.05, 3.63) is 35.4 Å². The second-order valence-corrected chi connectivity index (χ2v) is 3.93. The lowest BCUT2D eigenvalue weighted by molar-refractivity contribution is -0.139. The van der Waals surface area contributed by atoms with Gasteiger partial charge in [0.2, 0.25) is 5.50 Å². The van der Waals surface area contributed by atoms with Gasteiger partial charge in [-0.05, 0) is 18.1 Å². The standard InChI is InChI=1S/C10H11FO2S/c1-7-4-2-3-5-8(7)6-14-9(11)10(12)13/h2-5,9H,6H2,1H3,(H,12,13). The van der Waals surface area contributed by atoms with Crippen LogP contribution in [0.3, 0.4) is 0 Å². The van der Waals surface area contributed by atoms with Gasteiger partial charge in [-0.1, -0.05) is 24.3 Å². The number of carboxylic acids is 1. The van der Waals surface area contributed by atoms with Gasteiger partial charge in [-0.2, -0.15) is 0 Å². The summed E-state index contributed by atoms with van der Waals surface area (Å²) in [6, 6.07) is 7.55.